The van der Waals surface area contributed by atoms with Crippen LogP contribution in [0.25, 0.3) is 16.6 Å². The molecule has 0 fully saturated rings. The lowest BCUT2D eigenvalue weighted by atomic mass is 10.1. The monoisotopic (exact) mass is 427 g/mol. The van der Waals surface area contributed by atoms with Crippen LogP contribution in [0.15, 0.2) is 77.9 Å². The smallest absolute Gasteiger partial charge is 0.335 e. The zero-order chi connectivity index (χ0) is 22.8. The van der Waals surface area contributed by atoms with Crippen molar-refractivity contribution >= 4 is 28.5 Å². The fraction of sp³-hybridized carbons (Fsp3) is 0.0800. The lowest BCUT2D eigenvalue weighted by molar-refractivity contribution is 0.0696. The van der Waals surface area contributed by atoms with E-state index in [1.165, 1.54) is 24.3 Å². The zero-order valence-electron chi connectivity index (χ0n) is 17.5. The second-order valence-electron chi connectivity index (χ2n) is 7.41. The van der Waals surface area contributed by atoms with Crippen LogP contribution in [0.1, 0.15) is 38.8 Å². The van der Waals surface area contributed by atoms with Gasteiger partial charge in [-0.15, -0.1) is 0 Å². The lowest BCUT2D eigenvalue weighted by Crippen LogP contribution is -2.19. The highest BCUT2D eigenvalue weighted by Crippen LogP contribution is 2.34. The quantitative estimate of drug-likeness (QED) is 0.322. The first-order valence-electron chi connectivity index (χ1n) is 9.94. The van der Waals surface area contributed by atoms with Gasteiger partial charge in [0, 0.05) is 16.6 Å². The van der Waals surface area contributed by atoms with E-state index in [-0.39, 0.29) is 17.0 Å². The summed E-state index contributed by atoms with van der Waals surface area (Å²) in [6.45, 7) is 3.70. The molecule has 160 valence electrons. The van der Waals surface area contributed by atoms with E-state index < -0.39 is 11.9 Å². The summed E-state index contributed by atoms with van der Waals surface area (Å²) in [6, 6.07) is 20.9. The number of hydrogen-bond donors (Lipinski definition) is 3. The Balaban J connectivity index is 1.69. The van der Waals surface area contributed by atoms with Crippen LogP contribution < -0.4 is 5.43 Å². The van der Waals surface area contributed by atoms with Crippen LogP contribution >= 0.6 is 0 Å². The van der Waals surface area contributed by atoms with E-state index in [0.29, 0.717) is 11.3 Å². The van der Waals surface area contributed by atoms with Crippen LogP contribution in [-0.4, -0.2) is 32.4 Å². The van der Waals surface area contributed by atoms with E-state index in [0.717, 1.165) is 22.2 Å². The number of fused-ring (bicyclic) bond motifs is 1. The molecule has 0 bridgehead atoms. The van der Waals surface area contributed by atoms with E-state index in [1.807, 2.05) is 55.5 Å². The van der Waals surface area contributed by atoms with Crippen molar-refractivity contribution < 1.29 is 19.8 Å². The highest BCUT2D eigenvalue weighted by Gasteiger charge is 2.20. The zero-order valence-corrected chi connectivity index (χ0v) is 17.5. The van der Waals surface area contributed by atoms with Crippen LogP contribution in [0, 0.1) is 6.92 Å². The standard InChI is InChI=1S/C25H21N3O4/c1-15-7-13-19(14-8-15)28-21-6-4-3-5-20(21)22(24(28)30)16(2)26-27-23(29)17-9-11-18(12-10-17)25(31)32/h3-14,30H,1-2H3,(H,27,29)(H,31,32). The lowest BCUT2D eigenvalue weighted by Gasteiger charge is -2.08. The fourth-order valence-corrected chi connectivity index (χ4v) is 3.56. The van der Waals surface area contributed by atoms with Gasteiger partial charge in [-0.1, -0.05) is 35.9 Å². The number of hydrazone groups is 1. The molecule has 1 amide bonds. The third kappa shape index (κ3) is 3.83. The maximum atomic E-state index is 12.4. The van der Waals surface area contributed by atoms with Crippen molar-refractivity contribution in [3.63, 3.8) is 0 Å². The van der Waals surface area contributed by atoms with Gasteiger partial charge in [0.05, 0.1) is 22.4 Å². The number of carbonyl (C=O) groups is 2. The average Bonchev–Trinajstić information content (AvgIpc) is 3.09. The van der Waals surface area contributed by atoms with Gasteiger partial charge in [-0.05, 0) is 56.3 Å². The summed E-state index contributed by atoms with van der Waals surface area (Å²) >= 11 is 0. The van der Waals surface area contributed by atoms with Gasteiger partial charge in [-0.3, -0.25) is 9.36 Å². The maximum absolute atomic E-state index is 12.4. The molecule has 0 saturated carbocycles. The number of amides is 1. The van der Waals surface area contributed by atoms with Gasteiger partial charge >= 0.3 is 5.97 Å². The summed E-state index contributed by atoms with van der Waals surface area (Å²) in [5.74, 6) is -1.52. The fourth-order valence-electron chi connectivity index (χ4n) is 3.56. The number of aromatic nitrogens is 1. The van der Waals surface area contributed by atoms with Crippen molar-refractivity contribution in [3.05, 3.63) is 95.1 Å². The molecule has 7 heteroatoms. The molecule has 0 atom stereocenters. The first-order valence-corrected chi connectivity index (χ1v) is 9.94. The summed E-state index contributed by atoms with van der Waals surface area (Å²) in [5.41, 5.74) is 6.53. The molecular weight excluding hydrogens is 406 g/mol. The molecule has 0 aliphatic rings. The summed E-state index contributed by atoms with van der Waals surface area (Å²) in [4.78, 5) is 23.4. The molecule has 0 spiro atoms. The Labute approximate surface area is 184 Å². The van der Waals surface area contributed by atoms with Crippen LogP contribution in [0.2, 0.25) is 0 Å². The number of benzene rings is 3. The van der Waals surface area contributed by atoms with Gasteiger partial charge in [-0.2, -0.15) is 5.10 Å². The molecule has 0 radical (unpaired) electrons. The topological polar surface area (TPSA) is 104 Å². The number of rotatable bonds is 5. The van der Waals surface area contributed by atoms with Crippen molar-refractivity contribution in [2.75, 3.05) is 0 Å². The van der Waals surface area contributed by atoms with Crippen molar-refractivity contribution in [2.24, 2.45) is 5.10 Å². The molecule has 4 aromatic rings. The number of hydrogen-bond acceptors (Lipinski definition) is 4. The molecule has 0 unspecified atom stereocenters. The van der Waals surface area contributed by atoms with Crippen molar-refractivity contribution in [1.82, 2.24) is 9.99 Å². The van der Waals surface area contributed by atoms with Gasteiger partial charge in [0.15, 0.2) is 0 Å². The SMILES string of the molecule is CC(=NNC(=O)c1ccc(C(=O)O)cc1)c1c(O)n(-c2ccc(C)cc2)c2ccccc12. The number of aryl methyl sites for hydroxylation is 1. The highest BCUT2D eigenvalue weighted by atomic mass is 16.4. The molecule has 0 aliphatic carbocycles. The minimum absolute atomic E-state index is 0.0244. The number of nitrogens with zero attached hydrogens (tertiary/aromatic N) is 2. The third-order valence-corrected chi connectivity index (χ3v) is 5.22. The van der Waals surface area contributed by atoms with Crippen molar-refractivity contribution in [3.8, 4) is 11.6 Å². The predicted octanol–water partition coefficient (Wildman–Crippen LogP) is 4.50. The Hall–Kier alpha value is -4.39. The molecule has 0 aliphatic heterocycles. The molecule has 7 nitrogen and oxygen atoms in total. The predicted molar refractivity (Wildman–Crippen MR) is 123 cm³/mol. The average molecular weight is 427 g/mol. The minimum Gasteiger partial charge on any atom is -0.494 e. The van der Waals surface area contributed by atoms with Gasteiger partial charge in [0.2, 0.25) is 5.88 Å². The Kier molecular flexibility index (Phi) is 5.47. The van der Waals surface area contributed by atoms with Crippen LogP contribution in [0.4, 0.5) is 0 Å². The highest BCUT2D eigenvalue weighted by molar-refractivity contribution is 6.13. The Morgan fingerprint density at radius 3 is 2.19 bits per heavy atom. The number of carboxylic acids is 1. The minimum atomic E-state index is -1.06. The number of para-hydroxylation sites is 1. The summed E-state index contributed by atoms with van der Waals surface area (Å²) in [6.07, 6.45) is 0. The number of carbonyl (C=O) groups excluding carboxylic acids is 1. The normalized spacial score (nSPS) is 11.5. The summed E-state index contributed by atoms with van der Waals surface area (Å²) in [5, 5.41) is 25.0. The number of carboxylic acid groups (broad SMARTS) is 1. The van der Waals surface area contributed by atoms with Crippen LogP contribution in [0.5, 0.6) is 5.88 Å². The summed E-state index contributed by atoms with van der Waals surface area (Å²) < 4.78 is 1.75. The Bertz CT molecular complexity index is 1350. The van der Waals surface area contributed by atoms with Gasteiger partial charge in [-0.25, -0.2) is 10.2 Å². The van der Waals surface area contributed by atoms with Crippen molar-refractivity contribution in [2.45, 2.75) is 13.8 Å². The second-order valence-corrected chi connectivity index (χ2v) is 7.41. The molecule has 1 heterocycles. The Morgan fingerprint density at radius 2 is 1.53 bits per heavy atom. The molecule has 0 saturated heterocycles. The van der Waals surface area contributed by atoms with E-state index in [2.05, 4.69) is 10.5 Å². The third-order valence-electron chi connectivity index (χ3n) is 5.22. The summed E-state index contributed by atoms with van der Waals surface area (Å²) in [7, 11) is 0. The first-order chi connectivity index (χ1) is 15.4. The molecule has 3 N–H and O–H groups in total. The van der Waals surface area contributed by atoms with Gasteiger partial charge in [0.25, 0.3) is 5.91 Å². The van der Waals surface area contributed by atoms with Crippen LogP contribution in [-0.2, 0) is 0 Å². The Morgan fingerprint density at radius 1 is 0.906 bits per heavy atom. The first kappa shape index (κ1) is 20.9. The second kappa shape index (κ2) is 8.39. The van der Waals surface area contributed by atoms with E-state index >= 15 is 0 Å². The largest absolute Gasteiger partial charge is 0.494 e. The number of nitrogens with one attached hydrogen (secondary N) is 1. The van der Waals surface area contributed by atoms with Gasteiger partial charge in [0.1, 0.15) is 0 Å². The molecule has 4 rings (SSSR count). The number of aromatic hydroxyl groups is 1. The maximum Gasteiger partial charge on any atom is 0.335 e. The molecule has 32 heavy (non-hydrogen) atoms. The molecule has 3 aromatic carbocycles. The van der Waals surface area contributed by atoms with Gasteiger partial charge < -0.3 is 10.2 Å². The van der Waals surface area contributed by atoms with Crippen molar-refractivity contribution in [1.29, 1.82) is 0 Å². The van der Waals surface area contributed by atoms with E-state index in [1.54, 1.807) is 11.5 Å². The molecule has 1 aromatic heterocycles. The van der Waals surface area contributed by atoms with E-state index in [9.17, 15) is 14.7 Å². The van der Waals surface area contributed by atoms with E-state index in [4.69, 9.17) is 5.11 Å². The van der Waals surface area contributed by atoms with Crippen LogP contribution in [0.3, 0.4) is 0 Å². The number of aromatic carboxylic acids is 1. The molecular formula is C25H21N3O4.